The van der Waals surface area contributed by atoms with E-state index < -0.39 is 17.9 Å². The van der Waals surface area contributed by atoms with Crippen LogP contribution >= 0.6 is 0 Å². The summed E-state index contributed by atoms with van der Waals surface area (Å²) in [5, 5.41) is 0. The van der Waals surface area contributed by atoms with Crippen molar-refractivity contribution in [1.29, 1.82) is 0 Å². The van der Waals surface area contributed by atoms with Crippen molar-refractivity contribution < 1.29 is 19.1 Å². The van der Waals surface area contributed by atoms with Crippen LogP contribution in [0.2, 0.25) is 0 Å². The fraction of sp³-hybridized carbons (Fsp3) is 0.636. The Labute approximate surface area is 90.2 Å². The monoisotopic (exact) mass is 214 g/mol. The third-order valence-electron chi connectivity index (χ3n) is 2.07. The van der Waals surface area contributed by atoms with Crippen LogP contribution in [0.1, 0.15) is 26.2 Å². The number of hydrogen-bond donors (Lipinski definition) is 0. The molecular weight excluding hydrogens is 196 g/mol. The van der Waals surface area contributed by atoms with Crippen molar-refractivity contribution in [3.63, 3.8) is 0 Å². The molecule has 4 nitrogen and oxygen atoms in total. The molecule has 0 bridgehead atoms. The molecule has 86 valence electrons. The van der Waals surface area contributed by atoms with Crippen LogP contribution in [0.3, 0.4) is 0 Å². The summed E-state index contributed by atoms with van der Waals surface area (Å²) in [6, 6.07) is 0. The van der Waals surface area contributed by atoms with E-state index in [0.29, 0.717) is 6.42 Å². The molecule has 0 aromatic rings. The van der Waals surface area contributed by atoms with Gasteiger partial charge in [0.2, 0.25) is 0 Å². The van der Waals surface area contributed by atoms with Crippen molar-refractivity contribution >= 4 is 11.9 Å². The quantitative estimate of drug-likeness (QED) is 0.292. The van der Waals surface area contributed by atoms with Gasteiger partial charge in [0.25, 0.3) is 0 Å². The molecule has 0 atom stereocenters. The summed E-state index contributed by atoms with van der Waals surface area (Å²) in [6.45, 7) is 1.93. The van der Waals surface area contributed by atoms with E-state index in [4.69, 9.17) is 0 Å². The van der Waals surface area contributed by atoms with E-state index in [9.17, 15) is 9.59 Å². The zero-order valence-corrected chi connectivity index (χ0v) is 9.49. The van der Waals surface area contributed by atoms with Gasteiger partial charge in [-0.3, -0.25) is 9.59 Å². The van der Waals surface area contributed by atoms with Crippen LogP contribution in [-0.2, 0) is 19.1 Å². The Morgan fingerprint density at radius 1 is 1.20 bits per heavy atom. The second kappa shape index (κ2) is 8.03. The van der Waals surface area contributed by atoms with E-state index >= 15 is 0 Å². The summed E-state index contributed by atoms with van der Waals surface area (Å²) in [5.74, 6) is -1.84. The topological polar surface area (TPSA) is 52.6 Å². The number of hydrogen-bond acceptors (Lipinski definition) is 4. The number of carbonyl (C=O) groups is 2. The van der Waals surface area contributed by atoms with Gasteiger partial charge in [-0.25, -0.2) is 0 Å². The summed E-state index contributed by atoms with van der Waals surface area (Å²) in [5.41, 5.74) is 0. The zero-order valence-electron chi connectivity index (χ0n) is 9.49. The van der Waals surface area contributed by atoms with Crippen molar-refractivity contribution in [2.24, 2.45) is 5.92 Å². The highest BCUT2D eigenvalue weighted by molar-refractivity contribution is 5.94. The van der Waals surface area contributed by atoms with Crippen LogP contribution in [0.25, 0.3) is 0 Å². The van der Waals surface area contributed by atoms with Gasteiger partial charge in [-0.15, -0.1) is 0 Å². The average molecular weight is 214 g/mol. The Balaban J connectivity index is 4.13. The highest BCUT2D eigenvalue weighted by Gasteiger charge is 2.27. The van der Waals surface area contributed by atoms with E-state index in [0.717, 1.165) is 12.8 Å². The van der Waals surface area contributed by atoms with Crippen molar-refractivity contribution in [1.82, 2.24) is 0 Å². The Kier molecular flexibility index (Phi) is 7.32. The van der Waals surface area contributed by atoms with Gasteiger partial charge in [-0.1, -0.05) is 12.2 Å². The molecule has 0 aliphatic rings. The third kappa shape index (κ3) is 5.20. The number of unbranched alkanes of at least 4 members (excludes halogenated alkanes) is 1. The van der Waals surface area contributed by atoms with E-state index in [2.05, 4.69) is 9.47 Å². The van der Waals surface area contributed by atoms with E-state index in [1.165, 1.54) is 14.2 Å². The van der Waals surface area contributed by atoms with Crippen LogP contribution in [-0.4, -0.2) is 26.2 Å². The van der Waals surface area contributed by atoms with Gasteiger partial charge in [-0.05, 0) is 26.2 Å². The normalized spacial score (nSPS) is 10.7. The molecule has 0 saturated heterocycles. The second-order valence-electron chi connectivity index (χ2n) is 3.10. The Bertz CT molecular complexity index is 217. The molecule has 0 rings (SSSR count). The lowest BCUT2D eigenvalue weighted by molar-refractivity contribution is -0.159. The smallest absolute Gasteiger partial charge is 0.320 e. The third-order valence-corrected chi connectivity index (χ3v) is 2.07. The minimum atomic E-state index is -0.787. The molecule has 0 saturated carbocycles. The number of allylic oxidation sites excluding steroid dienone is 2. The highest BCUT2D eigenvalue weighted by atomic mass is 16.5. The molecule has 0 unspecified atom stereocenters. The van der Waals surface area contributed by atoms with Gasteiger partial charge in [0.15, 0.2) is 5.92 Å². The summed E-state index contributed by atoms with van der Waals surface area (Å²) >= 11 is 0. The summed E-state index contributed by atoms with van der Waals surface area (Å²) in [4.78, 5) is 22.5. The van der Waals surface area contributed by atoms with E-state index in [-0.39, 0.29) is 0 Å². The first kappa shape index (κ1) is 13.7. The van der Waals surface area contributed by atoms with Gasteiger partial charge in [0, 0.05) is 0 Å². The van der Waals surface area contributed by atoms with Crippen molar-refractivity contribution in [2.75, 3.05) is 14.2 Å². The van der Waals surface area contributed by atoms with E-state index in [1.807, 2.05) is 19.1 Å². The fourth-order valence-corrected chi connectivity index (χ4v) is 1.22. The first-order valence-corrected chi connectivity index (χ1v) is 4.94. The molecule has 0 N–H and O–H groups in total. The molecule has 4 heteroatoms. The molecule has 0 heterocycles. The van der Waals surface area contributed by atoms with Crippen molar-refractivity contribution in [3.05, 3.63) is 12.2 Å². The number of ether oxygens (including phenoxy) is 2. The molecule has 15 heavy (non-hydrogen) atoms. The standard InChI is InChI=1S/C11H18O4/c1-4-5-6-7-8-9(10(12)14-2)11(13)15-3/h4-5,9H,6-8H2,1-3H3/b5-4+. The van der Waals surface area contributed by atoms with Gasteiger partial charge in [0.05, 0.1) is 14.2 Å². The first-order valence-electron chi connectivity index (χ1n) is 4.94. The van der Waals surface area contributed by atoms with Crippen LogP contribution in [0.4, 0.5) is 0 Å². The minimum Gasteiger partial charge on any atom is -0.468 e. The fourth-order valence-electron chi connectivity index (χ4n) is 1.22. The Hall–Kier alpha value is -1.32. The zero-order chi connectivity index (χ0) is 11.7. The number of carbonyl (C=O) groups excluding carboxylic acids is 2. The largest absolute Gasteiger partial charge is 0.468 e. The molecular formula is C11H18O4. The lowest BCUT2D eigenvalue weighted by atomic mass is 10.0. The first-order chi connectivity index (χ1) is 7.17. The molecule has 0 aliphatic carbocycles. The molecule has 0 radical (unpaired) electrons. The second-order valence-corrected chi connectivity index (χ2v) is 3.10. The molecule has 0 aromatic heterocycles. The number of methoxy groups -OCH3 is 2. The SMILES string of the molecule is C/C=C/CCCC(C(=O)OC)C(=O)OC. The van der Waals surface area contributed by atoms with E-state index in [1.54, 1.807) is 0 Å². The number of rotatable bonds is 6. The van der Waals surface area contributed by atoms with Crippen LogP contribution in [0.5, 0.6) is 0 Å². The Morgan fingerprint density at radius 3 is 2.13 bits per heavy atom. The predicted octanol–water partition coefficient (Wildman–Crippen LogP) is 1.70. The maximum Gasteiger partial charge on any atom is 0.320 e. The van der Waals surface area contributed by atoms with Gasteiger partial charge < -0.3 is 9.47 Å². The predicted molar refractivity (Wildman–Crippen MR) is 56.2 cm³/mol. The summed E-state index contributed by atoms with van der Waals surface area (Å²) in [7, 11) is 2.54. The van der Waals surface area contributed by atoms with Crippen LogP contribution in [0, 0.1) is 5.92 Å². The van der Waals surface area contributed by atoms with Crippen molar-refractivity contribution in [2.45, 2.75) is 26.2 Å². The minimum absolute atomic E-state index is 0.462. The maximum atomic E-state index is 11.2. The molecule has 0 amide bonds. The lowest BCUT2D eigenvalue weighted by Crippen LogP contribution is -2.26. The summed E-state index contributed by atoms with van der Waals surface area (Å²) in [6.07, 6.45) is 6.00. The molecule has 0 aliphatic heterocycles. The van der Waals surface area contributed by atoms with Gasteiger partial charge in [-0.2, -0.15) is 0 Å². The highest BCUT2D eigenvalue weighted by Crippen LogP contribution is 2.12. The molecule has 0 spiro atoms. The van der Waals surface area contributed by atoms with Crippen LogP contribution in [0.15, 0.2) is 12.2 Å². The Morgan fingerprint density at radius 2 is 1.73 bits per heavy atom. The lowest BCUT2D eigenvalue weighted by Gasteiger charge is -2.11. The number of esters is 2. The van der Waals surface area contributed by atoms with Gasteiger partial charge >= 0.3 is 11.9 Å². The van der Waals surface area contributed by atoms with Crippen molar-refractivity contribution in [3.8, 4) is 0 Å². The van der Waals surface area contributed by atoms with Gasteiger partial charge in [0.1, 0.15) is 0 Å². The van der Waals surface area contributed by atoms with Crippen LogP contribution < -0.4 is 0 Å². The molecule has 0 fully saturated rings. The maximum absolute atomic E-state index is 11.2. The average Bonchev–Trinajstić information content (AvgIpc) is 2.27. The summed E-state index contributed by atoms with van der Waals surface area (Å²) < 4.78 is 9.07. The molecule has 0 aromatic carbocycles.